The Morgan fingerprint density at radius 2 is 1.67 bits per heavy atom. The molecular formula is C9H9F3. The van der Waals surface area contributed by atoms with Crippen molar-refractivity contribution in [2.45, 2.75) is 13.1 Å². The number of allylic oxidation sites excluding steroid dienone is 3. The van der Waals surface area contributed by atoms with Crippen molar-refractivity contribution in [2.24, 2.45) is 0 Å². The highest BCUT2D eigenvalue weighted by Gasteiger charge is 2.34. The summed E-state index contributed by atoms with van der Waals surface area (Å²) in [6.07, 6.45) is -4.43. The highest BCUT2D eigenvalue weighted by Crippen LogP contribution is 2.31. The van der Waals surface area contributed by atoms with Gasteiger partial charge in [0.1, 0.15) is 0 Å². The van der Waals surface area contributed by atoms with Crippen molar-refractivity contribution in [3.63, 3.8) is 0 Å². The maximum Gasteiger partial charge on any atom is 0.417 e. The number of rotatable bonds is 2. The lowest BCUT2D eigenvalue weighted by atomic mass is 10.0. The molecule has 0 rings (SSSR count). The monoisotopic (exact) mass is 174 g/mol. The summed E-state index contributed by atoms with van der Waals surface area (Å²) in [5.74, 6) is 0. The van der Waals surface area contributed by atoms with E-state index in [2.05, 4.69) is 25.5 Å². The van der Waals surface area contributed by atoms with Crippen LogP contribution in [0.1, 0.15) is 6.92 Å². The van der Waals surface area contributed by atoms with E-state index in [9.17, 15) is 13.2 Å². The molecular weight excluding hydrogens is 165 g/mol. The number of hydrogen-bond donors (Lipinski definition) is 0. The fraction of sp³-hybridized carbons (Fsp3) is 0.222. The highest BCUT2D eigenvalue weighted by atomic mass is 19.4. The molecule has 0 N–H and O–H groups in total. The van der Waals surface area contributed by atoms with Crippen LogP contribution in [0.2, 0.25) is 0 Å². The van der Waals surface area contributed by atoms with Crippen LogP contribution >= 0.6 is 0 Å². The van der Waals surface area contributed by atoms with Crippen molar-refractivity contribution in [1.29, 1.82) is 0 Å². The molecule has 0 aromatic rings. The van der Waals surface area contributed by atoms with Gasteiger partial charge in [-0.2, -0.15) is 13.2 Å². The molecule has 0 saturated heterocycles. The molecule has 0 nitrogen and oxygen atoms in total. The SMILES string of the molecule is C=C=C(C(=C)C)C(=C)C(F)(F)F. The van der Waals surface area contributed by atoms with Crippen molar-refractivity contribution in [3.8, 4) is 0 Å². The van der Waals surface area contributed by atoms with Crippen LogP contribution in [0.15, 0.2) is 42.2 Å². The minimum atomic E-state index is -4.43. The Morgan fingerprint density at radius 3 is 1.75 bits per heavy atom. The molecule has 0 aromatic carbocycles. The molecule has 0 spiro atoms. The fourth-order valence-corrected chi connectivity index (χ4v) is 0.657. The second-order valence-electron chi connectivity index (χ2n) is 2.31. The lowest BCUT2D eigenvalue weighted by molar-refractivity contribution is -0.0887. The van der Waals surface area contributed by atoms with E-state index in [0.29, 0.717) is 0 Å². The van der Waals surface area contributed by atoms with E-state index >= 15 is 0 Å². The number of hydrogen-bond acceptors (Lipinski definition) is 0. The Kier molecular flexibility index (Phi) is 3.11. The third kappa shape index (κ3) is 2.44. The van der Waals surface area contributed by atoms with Crippen molar-refractivity contribution in [1.82, 2.24) is 0 Å². The lowest BCUT2D eigenvalue weighted by Crippen LogP contribution is -2.12. The standard InChI is InChI=1S/C9H9F3/c1-5-8(6(2)3)7(4)9(10,11)12/h1-2,4H2,3H3. The molecule has 0 radical (unpaired) electrons. The summed E-state index contributed by atoms with van der Waals surface area (Å²) in [7, 11) is 0. The molecule has 0 aliphatic carbocycles. The van der Waals surface area contributed by atoms with E-state index in [-0.39, 0.29) is 11.1 Å². The average Bonchev–Trinajstić information content (AvgIpc) is 1.86. The van der Waals surface area contributed by atoms with E-state index in [1.165, 1.54) is 6.92 Å². The van der Waals surface area contributed by atoms with Crippen LogP contribution in [0, 0.1) is 0 Å². The molecule has 66 valence electrons. The Balaban J connectivity index is 4.95. The molecule has 0 aliphatic heterocycles. The van der Waals surface area contributed by atoms with Crippen LogP contribution < -0.4 is 0 Å². The van der Waals surface area contributed by atoms with E-state index in [0.717, 1.165) is 0 Å². The molecule has 0 saturated carbocycles. The van der Waals surface area contributed by atoms with Gasteiger partial charge in [0.2, 0.25) is 0 Å². The fourth-order valence-electron chi connectivity index (χ4n) is 0.657. The molecule has 12 heavy (non-hydrogen) atoms. The van der Waals surface area contributed by atoms with E-state index < -0.39 is 11.7 Å². The molecule has 0 unspecified atom stereocenters. The Hall–Kier alpha value is -1.21. The van der Waals surface area contributed by atoms with E-state index in [1.807, 2.05) is 0 Å². The summed E-state index contributed by atoms with van der Waals surface area (Å²) >= 11 is 0. The van der Waals surface area contributed by atoms with Crippen molar-refractivity contribution < 1.29 is 13.2 Å². The molecule has 3 heteroatoms. The average molecular weight is 174 g/mol. The predicted octanol–water partition coefficient (Wildman–Crippen LogP) is 3.39. The van der Waals surface area contributed by atoms with Gasteiger partial charge in [-0.05, 0) is 12.5 Å². The van der Waals surface area contributed by atoms with Crippen LogP contribution in [0.3, 0.4) is 0 Å². The quantitative estimate of drug-likeness (QED) is 0.444. The maximum absolute atomic E-state index is 12.0. The molecule has 0 amide bonds. The first-order chi connectivity index (χ1) is 5.30. The third-order valence-corrected chi connectivity index (χ3v) is 1.25. The molecule has 0 aromatic heterocycles. The second-order valence-corrected chi connectivity index (χ2v) is 2.31. The smallest absolute Gasteiger partial charge is 0.166 e. The Morgan fingerprint density at radius 1 is 1.25 bits per heavy atom. The van der Waals surface area contributed by atoms with Crippen LogP contribution in [0.5, 0.6) is 0 Å². The van der Waals surface area contributed by atoms with Crippen molar-refractivity contribution in [3.05, 3.63) is 42.2 Å². The molecule has 0 aliphatic rings. The number of alkyl halides is 3. The van der Waals surface area contributed by atoms with Crippen molar-refractivity contribution >= 4 is 0 Å². The first-order valence-corrected chi connectivity index (χ1v) is 3.13. The zero-order chi connectivity index (χ0) is 9.94. The topological polar surface area (TPSA) is 0 Å². The summed E-state index contributed by atoms with van der Waals surface area (Å²) < 4.78 is 36.1. The molecule has 0 atom stereocenters. The van der Waals surface area contributed by atoms with Gasteiger partial charge in [-0.1, -0.05) is 19.7 Å². The zero-order valence-electron chi connectivity index (χ0n) is 6.76. The highest BCUT2D eigenvalue weighted by molar-refractivity contribution is 5.44. The van der Waals surface area contributed by atoms with Gasteiger partial charge in [-0.3, -0.25) is 0 Å². The third-order valence-electron chi connectivity index (χ3n) is 1.25. The first kappa shape index (κ1) is 10.8. The van der Waals surface area contributed by atoms with Gasteiger partial charge in [0, 0.05) is 5.57 Å². The minimum absolute atomic E-state index is 0.164. The van der Waals surface area contributed by atoms with Gasteiger partial charge >= 0.3 is 6.18 Å². The summed E-state index contributed by atoms with van der Waals surface area (Å²) in [6, 6.07) is 0. The normalized spacial score (nSPS) is 10.3. The maximum atomic E-state index is 12.0. The van der Waals surface area contributed by atoms with Crippen LogP contribution in [0.4, 0.5) is 13.2 Å². The summed E-state index contributed by atoms with van der Waals surface area (Å²) in [5, 5.41) is 0. The van der Waals surface area contributed by atoms with Crippen LogP contribution in [-0.4, -0.2) is 6.18 Å². The van der Waals surface area contributed by atoms with Gasteiger partial charge in [0.05, 0.1) is 5.57 Å². The van der Waals surface area contributed by atoms with Crippen molar-refractivity contribution in [2.75, 3.05) is 0 Å². The van der Waals surface area contributed by atoms with Gasteiger partial charge in [0.15, 0.2) is 0 Å². The van der Waals surface area contributed by atoms with Gasteiger partial charge in [-0.25, -0.2) is 0 Å². The predicted molar refractivity (Wildman–Crippen MR) is 42.7 cm³/mol. The lowest BCUT2D eigenvalue weighted by Gasteiger charge is -2.11. The second kappa shape index (κ2) is 3.46. The molecule has 0 fully saturated rings. The first-order valence-electron chi connectivity index (χ1n) is 3.13. The molecule has 0 heterocycles. The van der Waals surface area contributed by atoms with E-state index in [1.54, 1.807) is 0 Å². The zero-order valence-corrected chi connectivity index (χ0v) is 6.76. The van der Waals surface area contributed by atoms with E-state index in [4.69, 9.17) is 0 Å². The van der Waals surface area contributed by atoms with Crippen LogP contribution in [-0.2, 0) is 0 Å². The minimum Gasteiger partial charge on any atom is -0.166 e. The van der Waals surface area contributed by atoms with Gasteiger partial charge in [-0.15, -0.1) is 5.73 Å². The summed E-state index contributed by atoms with van der Waals surface area (Å²) in [4.78, 5) is 0. The van der Waals surface area contributed by atoms with Gasteiger partial charge in [0.25, 0.3) is 0 Å². The van der Waals surface area contributed by atoms with Gasteiger partial charge < -0.3 is 0 Å². The van der Waals surface area contributed by atoms with Crippen LogP contribution in [0.25, 0.3) is 0 Å². The Labute approximate surface area is 69.4 Å². The molecule has 0 bridgehead atoms. The largest absolute Gasteiger partial charge is 0.417 e. The number of halogens is 3. The Bertz CT molecular complexity index is 262. The summed E-state index contributed by atoms with van der Waals surface area (Å²) in [5.41, 5.74) is 1.29. The summed E-state index contributed by atoms with van der Waals surface area (Å²) in [6.45, 7) is 10.8.